The van der Waals surface area contributed by atoms with Gasteiger partial charge in [-0.15, -0.1) is 0 Å². The Labute approximate surface area is 130 Å². The first-order valence-corrected chi connectivity index (χ1v) is 7.66. The number of rotatable bonds is 6. The normalized spacial score (nSPS) is 15.4. The molecule has 1 aliphatic heterocycles. The molecule has 0 spiro atoms. The zero-order valence-corrected chi connectivity index (χ0v) is 13.1. The number of benzene rings is 1. The Balaban J connectivity index is 1.90. The van der Waals surface area contributed by atoms with Crippen LogP contribution in [0.15, 0.2) is 24.3 Å². The van der Waals surface area contributed by atoms with Gasteiger partial charge >= 0.3 is 12.1 Å². The van der Waals surface area contributed by atoms with Crippen molar-refractivity contribution in [2.45, 2.75) is 39.3 Å². The first-order chi connectivity index (χ1) is 10.6. The van der Waals surface area contributed by atoms with E-state index in [1.165, 1.54) is 0 Å². The molecule has 6 nitrogen and oxygen atoms in total. The molecule has 1 aliphatic rings. The molecule has 1 aromatic rings. The largest absolute Gasteiger partial charge is 0.448 e. The van der Waals surface area contributed by atoms with E-state index in [1.54, 1.807) is 4.90 Å². The van der Waals surface area contributed by atoms with Crippen molar-refractivity contribution in [1.29, 1.82) is 0 Å². The maximum atomic E-state index is 11.9. The van der Waals surface area contributed by atoms with Crippen LogP contribution in [0.3, 0.4) is 0 Å². The van der Waals surface area contributed by atoms with E-state index in [-0.39, 0.29) is 18.2 Å². The Morgan fingerprint density at radius 3 is 2.95 bits per heavy atom. The summed E-state index contributed by atoms with van der Waals surface area (Å²) in [6, 6.07) is 7.42. The summed E-state index contributed by atoms with van der Waals surface area (Å²) in [6.07, 6.45) is 1.69. The molecule has 0 radical (unpaired) electrons. The fourth-order valence-corrected chi connectivity index (χ4v) is 2.43. The van der Waals surface area contributed by atoms with Crippen LogP contribution in [0.25, 0.3) is 0 Å². The third-order valence-corrected chi connectivity index (χ3v) is 3.50. The lowest BCUT2D eigenvalue weighted by Crippen LogP contribution is -2.35. The predicted molar refractivity (Wildman–Crippen MR) is 84.7 cm³/mol. The molecule has 2 N–H and O–H groups in total. The quantitative estimate of drug-likeness (QED) is 0.849. The first kappa shape index (κ1) is 16.1. The summed E-state index contributed by atoms with van der Waals surface area (Å²) in [5.74, 6) is 0. The molecule has 1 heterocycles. The molecular formula is C16H23N3O3. The van der Waals surface area contributed by atoms with Crippen molar-refractivity contribution in [3.8, 4) is 0 Å². The molecule has 0 saturated carbocycles. The maximum Gasteiger partial charge on any atom is 0.410 e. The number of hydrogen-bond donors (Lipinski definition) is 2. The van der Waals surface area contributed by atoms with Crippen LogP contribution in [-0.4, -0.2) is 36.2 Å². The molecular weight excluding hydrogens is 282 g/mol. The van der Waals surface area contributed by atoms with Crippen molar-refractivity contribution < 1.29 is 14.3 Å². The molecule has 120 valence electrons. The van der Waals surface area contributed by atoms with Crippen molar-refractivity contribution in [1.82, 2.24) is 10.2 Å². The van der Waals surface area contributed by atoms with E-state index in [1.807, 2.05) is 31.2 Å². The highest BCUT2D eigenvalue weighted by Crippen LogP contribution is 2.15. The summed E-state index contributed by atoms with van der Waals surface area (Å²) in [5, 5.41) is 5.72. The minimum absolute atomic E-state index is 0.146. The zero-order valence-electron chi connectivity index (χ0n) is 13.1. The number of anilines is 1. The van der Waals surface area contributed by atoms with Crippen molar-refractivity contribution in [3.05, 3.63) is 29.8 Å². The molecule has 3 amide bonds. The van der Waals surface area contributed by atoms with Crippen LogP contribution in [0, 0.1) is 0 Å². The molecule has 1 saturated heterocycles. The van der Waals surface area contributed by atoms with E-state index in [2.05, 4.69) is 17.6 Å². The second-order valence-corrected chi connectivity index (χ2v) is 5.52. The Morgan fingerprint density at radius 2 is 2.27 bits per heavy atom. The monoisotopic (exact) mass is 305 g/mol. The van der Waals surface area contributed by atoms with Crippen LogP contribution < -0.4 is 10.6 Å². The number of urea groups is 1. The van der Waals surface area contributed by atoms with E-state index in [0.29, 0.717) is 25.4 Å². The van der Waals surface area contributed by atoms with E-state index in [0.717, 1.165) is 18.4 Å². The second kappa shape index (κ2) is 7.68. The molecule has 22 heavy (non-hydrogen) atoms. The van der Waals surface area contributed by atoms with Crippen LogP contribution >= 0.6 is 0 Å². The van der Waals surface area contributed by atoms with Crippen molar-refractivity contribution in [2.75, 3.05) is 18.5 Å². The molecule has 1 fully saturated rings. The highest BCUT2D eigenvalue weighted by Gasteiger charge is 2.21. The summed E-state index contributed by atoms with van der Waals surface area (Å²) in [5.41, 5.74) is 1.67. The SMILES string of the molecule is CCC[C@H](C)NC(=O)Nc1cccc(CN2CCOC2=O)c1. The van der Waals surface area contributed by atoms with E-state index < -0.39 is 0 Å². The lowest BCUT2D eigenvalue weighted by molar-refractivity contribution is 0.157. The minimum atomic E-state index is -0.288. The van der Waals surface area contributed by atoms with Gasteiger partial charge in [-0.25, -0.2) is 9.59 Å². The third kappa shape index (κ3) is 4.65. The number of amides is 3. The first-order valence-electron chi connectivity index (χ1n) is 7.66. The summed E-state index contributed by atoms with van der Waals surface area (Å²) < 4.78 is 4.91. The highest BCUT2D eigenvalue weighted by atomic mass is 16.6. The van der Waals surface area contributed by atoms with E-state index in [9.17, 15) is 9.59 Å². The number of nitrogens with zero attached hydrogens (tertiary/aromatic N) is 1. The molecule has 0 unspecified atom stereocenters. The number of ether oxygens (including phenoxy) is 1. The number of hydrogen-bond acceptors (Lipinski definition) is 3. The molecule has 1 aromatic carbocycles. The Morgan fingerprint density at radius 1 is 1.45 bits per heavy atom. The summed E-state index contributed by atoms with van der Waals surface area (Å²) in [6.45, 7) is 5.60. The van der Waals surface area contributed by atoms with Crippen LogP contribution in [0.2, 0.25) is 0 Å². The Kier molecular flexibility index (Phi) is 5.63. The number of carbonyl (C=O) groups is 2. The fraction of sp³-hybridized carbons (Fsp3) is 0.500. The van der Waals surface area contributed by atoms with Crippen LogP contribution in [-0.2, 0) is 11.3 Å². The standard InChI is InChI=1S/C16H23N3O3/c1-3-5-12(2)17-15(20)18-14-7-4-6-13(10-14)11-19-8-9-22-16(19)21/h4,6-7,10,12H,3,5,8-9,11H2,1-2H3,(H2,17,18,20)/t12-/m0/s1. The number of carbonyl (C=O) groups excluding carboxylic acids is 2. The lowest BCUT2D eigenvalue weighted by Gasteiger charge is -2.15. The number of cyclic esters (lactones) is 1. The topological polar surface area (TPSA) is 70.7 Å². The molecule has 0 aliphatic carbocycles. The van der Waals surface area contributed by atoms with Crippen molar-refractivity contribution in [3.63, 3.8) is 0 Å². The van der Waals surface area contributed by atoms with Gasteiger partial charge < -0.3 is 20.3 Å². The van der Waals surface area contributed by atoms with Gasteiger partial charge in [-0.3, -0.25) is 0 Å². The summed E-state index contributed by atoms with van der Waals surface area (Å²) in [4.78, 5) is 25.0. The van der Waals surface area contributed by atoms with Gasteiger partial charge in [-0.2, -0.15) is 0 Å². The average Bonchev–Trinajstić information content (AvgIpc) is 2.84. The van der Waals surface area contributed by atoms with Crippen molar-refractivity contribution >= 4 is 17.8 Å². The molecule has 1 atom stereocenters. The number of nitrogens with one attached hydrogen (secondary N) is 2. The third-order valence-electron chi connectivity index (χ3n) is 3.50. The lowest BCUT2D eigenvalue weighted by atomic mass is 10.2. The van der Waals surface area contributed by atoms with Gasteiger partial charge in [-0.1, -0.05) is 25.5 Å². The van der Waals surface area contributed by atoms with Gasteiger partial charge in [-0.05, 0) is 31.0 Å². The van der Waals surface area contributed by atoms with Gasteiger partial charge in [0.25, 0.3) is 0 Å². The smallest absolute Gasteiger partial charge is 0.410 e. The predicted octanol–water partition coefficient (Wildman–Crippen LogP) is 2.95. The van der Waals surface area contributed by atoms with Crippen LogP contribution in [0.5, 0.6) is 0 Å². The summed E-state index contributed by atoms with van der Waals surface area (Å²) in [7, 11) is 0. The van der Waals surface area contributed by atoms with Gasteiger partial charge in [0.2, 0.25) is 0 Å². The average molecular weight is 305 g/mol. The highest BCUT2D eigenvalue weighted by molar-refractivity contribution is 5.89. The Bertz CT molecular complexity index is 533. The zero-order chi connectivity index (χ0) is 15.9. The molecule has 0 bridgehead atoms. The Hall–Kier alpha value is -2.24. The van der Waals surface area contributed by atoms with Gasteiger partial charge in [0, 0.05) is 18.3 Å². The molecule has 2 rings (SSSR count). The minimum Gasteiger partial charge on any atom is -0.448 e. The van der Waals surface area contributed by atoms with Gasteiger partial charge in [0.15, 0.2) is 0 Å². The fourth-order valence-electron chi connectivity index (χ4n) is 2.43. The second-order valence-electron chi connectivity index (χ2n) is 5.52. The van der Waals surface area contributed by atoms with E-state index in [4.69, 9.17) is 4.74 Å². The van der Waals surface area contributed by atoms with Gasteiger partial charge in [0.05, 0.1) is 6.54 Å². The van der Waals surface area contributed by atoms with Crippen LogP contribution in [0.1, 0.15) is 32.3 Å². The maximum absolute atomic E-state index is 11.9. The molecule has 6 heteroatoms. The van der Waals surface area contributed by atoms with Crippen LogP contribution in [0.4, 0.5) is 15.3 Å². The van der Waals surface area contributed by atoms with Gasteiger partial charge in [0.1, 0.15) is 6.61 Å². The summed E-state index contributed by atoms with van der Waals surface area (Å²) >= 11 is 0. The van der Waals surface area contributed by atoms with E-state index >= 15 is 0 Å². The molecule has 0 aromatic heterocycles. The van der Waals surface area contributed by atoms with Crippen molar-refractivity contribution in [2.24, 2.45) is 0 Å².